The van der Waals surface area contributed by atoms with E-state index in [4.69, 9.17) is 0 Å². The number of rotatable bonds is 3. The zero-order chi connectivity index (χ0) is 14.9. The highest BCUT2D eigenvalue weighted by Gasteiger charge is 2.42. The lowest BCUT2D eigenvalue weighted by Crippen LogP contribution is -2.51. The van der Waals surface area contributed by atoms with Gasteiger partial charge in [-0.2, -0.15) is 0 Å². The molecular formula is C18H21NO2. The Morgan fingerprint density at radius 1 is 1.05 bits per heavy atom. The van der Waals surface area contributed by atoms with Crippen LogP contribution >= 0.6 is 0 Å². The molecule has 0 amide bonds. The molecule has 0 saturated carbocycles. The van der Waals surface area contributed by atoms with Crippen molar-refractivity contribution in [1.29, 1.82) is 0 Å². The molecule has 2 aromatic rings. The molecule has 3 nitrogen and oxygen atoms in total. The predicted molar refractivity (Wildman–Crippen MR) is 84.4 cm³/mol. The fourth-order valence-corrected chi connectivity index (χ4v) is 3.41. The molecule has 1 saturated heterocycles. The van der Waals surface area contributed by atoms with E-state index in [9.17, 15) is 9.90 Å². The average molecular weight is 283 g/mol. The summed E-state index contributed by atoms with van der Waals surface area (Å²) in [6, 6.07) is 14.0. The van der Waals surface area contributed by atoms with E-state index in [0.29, 0.717) is 0 Å². The lowest BCUT2D eigenvalue weighted by atomic mass is 9.85. The molecule has 110 valence electrons. The van der Waals surface area contributed by atoms with Crippen molar-refractivity contribution in [1.82, 2.24) is 4.90 Å². The summed E-state index contributed by atoms with van der Waals surface area (Å²) >= 11 is 0. The third-order valence-electron chi connectivity index (χ3n) is 4.72. The Balaban J connectivity index is 2.17. The van der Waals surface area contributed by atoms with Gasteiger partial charge in [0.25, 0.3) is 0 Å². The van der Waals surface area contributed by atoms with Crippen LogP contribution in [0.2, 0.25) is 0 Å². The van der Waals surface area contributed by atoms with E-state index in [2.05, 4.69) is 4.90 Å². The first-order valence-corrected chi connectivity index (χ1v) is 7.61. The highest BCUT2D eigenvalue weighted by Crippen LogP contribution is 2.35. The number of benzene rings is 2. The Morgan fingerprint density at radius 2 is 1.71 bits per heavy atom. The number of hydrogen-bond donors (Lipinski definition) is 1. The van der Waals surface area contributed by atoms with Gasteiger partial charge in [-0.05, 0) is 49.2 Å². The van der Waals surface area contributed by atoms with E-state index in [1.165, 1.54) is 6.42 Å². The van der Waals surface area contributed by atoms with Crippen LogP contribution in [0.3, 0.4) is 0 Å². The quantitative estimate of drug-likeness (QED) is 0.935. The molecule has 3 rings (SSSR count). The van der Waals surface area contributed by atoms with Crippen molar-refractivity contribution in [2.75, 3.05) is 13.1 Å². The van der Waals surface area contributed by atoms with Crippen LogP contribution in [-0.4, -0.2) is 29.1 Å². The van der Waals surface area contributed by atoms with E-state index in [1.54, 1.807) is 0 Å². The summed E-state index contributed by atoms with van der Waals surface area (Å²) in [6.07, 6.45) is 3.35. The SMILES string of the molecule is CC(C(=O)O)(c1cccc2ccccc12)N1CCCCC1. The normalized spacial score (nSPS) is 19.3. The zero-order valence-corrected chi connectivity index (χ0v) is 12.4. The number of carboxylic acids is 1. The Hall–Kier alpha value is -1.87. The van der Waals surface area contributed by atoms with Crippen molar-refractivity contribution in [3.05, 3.63) is 48.0 Å². The van der Waals surface area contributed by atoms with Crippen LogP contribution < -0.4 is 0 Å². The van der Waals surface area contributed by atoms with Crippen LogP contribution in [0.25, 0.3) is 10.8 Å². The van der Waals surface area contributed by atoms with Gasteiger partial charge in [0.1, 0.15) is 5.54 Å². The number of hydrogen-bond acceptors (Lipinski definition) is 2. The summed E-state index contributed by atoms with van der Waals surface area (Å²) in [4.78, 5) is 14.2. The highest BCUT2D eigenvalue weighted by atomic mass is 16.4. The number of likely N-dealkylation sites (tertiary alicyclic amines) is 1. The van der Waals surface area contributed by atoms with Crippen molar-refractivity contribution in [2.45, 2.75) is 31.7 Å². The van der Waals surface area contributed by atoms with E-state index in [-0.39, 0.29) is 0 Å². The van der Waals surface area contributed by atoms with Crippen LogP contribution in [-0.2, 0) is 10.3 Å². The number of fused-ring (bicyclic) bond motifs is 1. The number of nitrogens with zero attached hydrogens (tertiary/aromatic N) is 1. The molecular weight excluding hydrogens is 262 g/mol. The van der Waals surface area contributed by atoms with Crippen molar-refractivity contribution in [3.63, 3.8) is 0 Å². The fourth-order valence-electron chi connectivity index (χ4n) is 3.41. The standard InChI is InChI=1S/C18H21NO2/c1-18(17(20)21,19-12-5-2-6-13-19)16-11-7-9-14-8-3-4-10-15(14)16/h3-4,7-11H,2,5-6,12-13H2,1H3,(H,20,21). The lowest BCUT2D eigenvalue weighted by molar-refractivity contribution is -0.152. The maximum atomic E-state index is 12.1. The third kappa shape index (κ3) is 2.32. The van der Waals surface area contributed by atoms with Crippen LogP contribution in [0.1, 0.15) is 31.7 Å². The number of carboxylic acid groups (broad SMARTS) is 1. The molecule has 0 spiro atoms. The van der Waals surface area contributed by atoms with Gasteiger partial charge in [-0.1, -0.05) is 48.9 Å². The number of carbonyl (C=O) groups is 1. The Labute approximate surface area is 125 Å². The zero-order valence-electron chi connectivity index (χ0n) is 12.4. The molecule has 1 fully saturated rings. The van der Waals surface area contributed by atoms with Gasteiger partial charge < -0.3 is 5.11 Å². The van der Waals surface area contributed by atoms with Gasteiger partial charge in [-0.3, -0.25) is 4.90 Å². The van der Waals surface area contributed by atoms with Gasteiger partial charge in [0.05, 0.1) is 0 Å². The van der Waals surface area contributed by atoms with Crippen LogP contribution in [0.15, 0.2) is 42.5 Å². The van der Waals surface area contributed by atoms with Gasteiger partial charge in [0.2, 0.25) is 0 Å². The highest BCUT2D eigenvalue weighted by molar-refractivity contribution is 5.92. The predicted octanol–water partition coefficient (Wildman–Crippen LogP) is 3.63. The van der Waals surface area contributed by atoms with E-state index < -0.39 is 11.5 Å². The first-order chi connectivity index (χ1) is 10.1. The molecule has 1 aliphatic rings. The molecule has 21 heavy (non-hydrogen) atoms. The minimum Gasteiger partial charge on any atom is -0.480 e. The molecule has 0 aromatic heterocycles. The summed E-state index contributed by atoms with van der Waals surface area (Å²) in [7, 11) is 0. The number of aliphatic carboxylic acids is 1. The van der Waals surface area contributed by atoms with Crippen molar-refractivity contribution in [2.24, 2.45) is 0 Å². The van der Waals surface area contributed by atoms with E-state index >= 15 is 0 Å². The van der Waals surface area contributed by atoms with Gasteiger partial charge in [-0.15, -0.1) is 0 Å². The second-order valence-electron chi connectivity index (χ2n) is 5.95. The van der Waals surface area contributed by atoms with Crippen molar-refractivity contribution in [3.8, 4) is 0 Å². The van der Waals surface area contributed by atoms with Gasteiger partial charge in [0.15, 0.2) is 0 Å². The second-order valence-corrected chi connectivity index (χ2v) is 5.95. The largest absolute Gasteiger partial charge is 0.480 e. The molecule has 2 aromatic carbocycles. The summed E-state index contributed by atoms with van der Waals surface area (Å²) in [5, 5.41) is 12.1. The minimum absolute atomic E-state index is 0.763. The van der Waals surface area contributed by atoms with Crippen LogP contribution in [0.4, 0.5) is 0 Å². The second kappa shape index (κ2) is 5.49. The van der Waals surface area contributed by atoms with Crippen molar-refractivity contribution < 1.29 is 9.90 Å². The molecule has 0 bridgehead atoms. The summed E-state index contributed by atoms with van der Waals surface area (Å²) < 4.78 is 0. The van der Waals surface area contributed by atoms with Gasteiger partial charge in [-0.25, -0.2) is 4.79 Å². The Kier molecular flexibility index (Phi) is 3.68. The first kappa shape index (κ1) is 14.1. The molecule has 1 unspecified atom stereocenters. The van der Waals surface area contributed by atoms with Crippen molar-refractivity contribution >= 4 is 16.7 Å². The first-order valence-electron chi connectivity index (χ1n) is 7.61. The Morgan fingerprint density at radius 3 is 2.43 bits per heavy atom. The molecule has 0 aliphatic carbocycles. The van der Waals surface area contributed by atoms with E-state index in [1.807, 2.05) is 49.4 Å². The average Bonchev–Trinajstić information content (AvgIpc) is 2.54. The minimum atomic E-state index is -0.957. The molecule has 3 heteroatoms. The van der Waals surface area contributed by atoms with Gasteiger partial charge in [0, 0.05) is 0 Å². The van der Waals surface area contributed by atoms with Gasteiger partial charge >= 0.3 is 5.97 Å². The van der Waals surface area contributed by atoms with E-state index in [0.717, 1.165) is 42.3 Å². The summed E-state index contributed by atoms with van der Waals surface area (Å²) in [6.45, 7) is 3.56. The Bertz CT molecular complexity index is 656. The molecule has 1 heterocycles. The lowest BCUT2D eigenvalue weighted by Gasteiger charge is -2.41. The summed E-state index contributed by atoms with van der Waals surface area (Å²) in [5.41, 5.74) is -0.0589. The third-order valence-corrected chi connectivity index (χ3v) is 4.72. The topological polar surface area (TPSA) is 40.5 Å². The molecule has 1 atom stereocenters. The van der Waals surface area contributed by atoms with Crippen LogP contribution in [0, 0.1) is 0 Å². The maximum Gasteiger partial charge on any atom is 0.328 e. The molecule has 1 aliphatic heterocycles. The van der Waals surface area contributed by atoms with Crippen LogP contribution in [0.5, 0.6) is 0 Å². The monoisotopic (exact) mass is 283 g/mol. The summed E-state index contributed by atoms with van der Waals surface area (Å²) in [5.74, 6) is -0.763. The number of piperidine rings is 1. The molecule has 1 N–H and O–H groups in total. The smallest absolute Gasteiger partial charge is 0.328 e. The maximum absolute atomic E-state index is 12.1. The fraction of sp³-hybridized carbons (Fsp3) is 0.389. The molecule has 0 radical (unpaired) electrons.